The summed E-state index contributed by atoms with van der Waals surface area (Å²) in [6.45, 7) is 0.727. The summed E-state index contributed by atoms with van der Waals surface area (Å²) in [5.41, 5.74) is 4.82. The highest BCUT2D eigenvalue weighted by Gasteiger charge is 2.32. The molecule has 3 aromatic rings. The molecular weight excluding hydrogens is 410 g/mol. The summed E-state index contributed by atoms with van der Waals surface area (Å²) in [5.74, 6) is 0.384. The Morgan fingerprint density at radius 1 is 0.848 bits per heavy atom. The molecule has 3 amide bonds. The molecule has 1 heterocycles. The SMILES string of the molecule is O=C(Nc1ccc2c(c1)N(C(=O)C1CCCC1)CC2)NC(c1ccccc1)c1ccccc1. The van der Waals surface area contributed by atoms with Crippen LogP contribution >= 0.6 is 0 Å². The van der Waals surface area contributed by atoms with E-state index in [1.165, 1.54) is 5.56 Å². The van der Waals surface area contributed by atoms with Crippen molar-refractivity contribution in [3.63, 3.8) is 0 Å². The highest BCUT2D eigenvalue weighted by atomic mass is 16.2. The molecule has 0 saturated heterocycles. The predicted octanol–water partition coefficient (Wildman–Crippen LogP) is 5.68. The van der Waals surface area contributed by atoms with Gasteiger partial charge in [-0.1, -0.05) is 79.6 Å². The van der Waals surface area contributed by atoms with Crippen LogP contribution in [0.15, 0.2) is 78.9 Å². The van der Waals surface area contributed by atoms with Crippen LogP contribution in [0.1, 0.15) is 48.4 Å². The Balaban J connectivity index is 1.32. The predicted molar refractivity (Wildman–Crippen MR) is 131 cm³/mol. The number of carbonyl (C=O) groups is 2. The van der Waals surface area contributed by atoms with Gasteiger partial charge in [0.15, 0.2) is 0 Å². The van der Waals surface area contributed by atoms with Gasteiger partial charge in [0.1, 0.15) is 0 Å². The Morgan fingerprint density at radius 3 is 2.12 bits per heavy atom. The summed E-state index contributed by atoms with van der Waals surface area (Å²) in [6.07, 6.45) is 5.13. The number of benzene rings is 3. The Kier molecular flexibility index (Phi) is 6.11. The minimum Gasteiger partial charge on any atom is -0.327 e. The topological polar surface area (TPSA) is 61.4 Å². The third-order valence-electron chi connectivity index (χ3n) is 6.75. The molecule has 3 aromatic carbocycles. The van der Waals surface area contributed by atoms with Crippen molar-refractivity contribution in [2.75, 3.05) is 16.8 Å². The molecule has 0 atom stereocenters. The summed E-state index contributed by atoms with van der Waals surface area (Å²) in [4.78, 5) is 27.9. The molecule has 0 radical (unpaired) electrons. The Hall–Kier alpha value is -3.60. The van der Waals surface area contributed by atoms with E-state index in [9.17, 15) is 9.59 Å². The molecule has 0 unspecified atom stereocenters. The van der Waals surface area contributed by atoms with Crippen molar-refractivity contribution in [3.05, 3.63) is 95.6 Å². The van der Waals surface area contributed by atoms with Gasteiger partial charge in [0.05, 0.1) is 6.04 Å². The first-order valence-corrected chi connectivity index (χ1v) is 11.8. The summed E-state index contributed by atoms with van der Waals surface area (Å²) in [6, 6.07) is 25.2. The summed E-state index contributed by atoms with van der Waals surface area (Å²) in [5, 5.41) is 6.10. The summed E-state index contributed by atoms with van der Waals surface area (Å²) < 4.78 is 0. The quantitative estimate of drug-likeness (QED) is 0.537. The fourth-order valence-electron chi connectivity index (χ4n) is 5.03. The van der Waals surface area contributed by atoms with Crippen LogP contribution in [0, 0.1) is 5.92 Å². The number of hydrogen-bond acceptors (Lipinski definition) is 2. The van der Waals surface area contributed by atoms with E-state index >= 15 is 0 Å². The molecule has 5 nitrogen and oxygen atoms in total. The standard InChI is InChI=1S/C28H29N3O2/c32-27(23-13-7-8-14-23)31-18-17-20-15-16-24(19-25(20)31)29-28(33)30-26(21-9-3-1-4-10-21)22-11-5-2-6-12-22/h1-6,9-12,15-16,19,23,26H,7-8,13-14,17-18H2,(H2,29,30,33). The van der Waals surface area contributed by atoms with Crippen LogP contribution in [0.2, 0.25) is 0 Å². The lowest BCUT2D eigenvalue weighted by atomic mass is 9.99. The van der Waals surface area contributed by atoms with E-state index in [0.29, 0.717) is 5.69 Å². The number of anilines is 2. The highest BCUT2D eigenvalue weighted by Crippen LogP contribution is 2.35. The monoisotopic (exact) mass is 439 g/mol. The zero-order chi connectivity index (χ0) is 22.6. The van der Waals surface area contributed by atoms with E-state index in [0.717, 1.165) is 55.5 Å². The third kappa shape index (κ3) is 4.63. The zero-order valence-corrected chi connectivity index (χ0v) is 18.7. The van der Waals surface area contributed by atoms with Gasteiger partial charge in [-0.15, -0.1) is 0 Å². The van der Waals surface area contributed by atoms with Gasteiger partial charge >= 0.3 is 6.03 Å². The van der Waals surface area contributed by atoms with Crippen molar-refractivity contribution in [2.45, 2.75) is 38.1 Å². The second-order valence-electron chi connectivity index (χ2n) is 8.92. The molecule has 1 aliphatic carbocycles. The van der Waals surface area contributed by atoms with Crippen LogP contribution in [0.3, 0.4) is 0 Å². The lowest BCUT2D eigenvalue weighted by Crippen LogP contribution is -2.34. The van der Waals surface area contributed by atoms with Gasteiger partial charge in [-0.25, -0.2) is 4.79 Å². The van der Waals surface area contributed by atoms with Gasteiger partial charge in [0.25, 0.3) is 0 Å². The van der Waals surface area contributed by atoms with Gasteiger partial charge in [-0.05, 0) is 48.1 Å². The lowest BCUT2D eigenvalue weighted by molar-refractivity contribution is -0.122. The van der Waals surface area contributed by atoms with Gasteiger partial charge in [0.2, 0.25) is 5.91 Å². The fraction of sp³-hybridized carbons (Fsp3) is 0.286. The van der Waals surface area contributed by atoms with E-state index < -0.39 is 0 Å². The lowest BCUT2D eigenvalue weighted by Gasteiger charge is -2.22. The average Bonchev–Trinajstić information content (AvgIpc) is 3.54. The average molecular weight is 440 g/mol. The molecule has 5 heteroatoms. The van der Waals surface area contributed by atoms with E-state index in [1.807, 2.05) is 83.8 Å². The molecule has 1 fully saturated rings. The fourth-order valence-corrected chi connectivity index (χ4v) is 5.03. The maximum atomic E-state index is 13.0. The maximum Gasteiger partial charge on any atom is 0.319 e. The molecular formula is C28H29N3O2. The van der Waals surface area contributed by atoms with E-state index in [2.05, 4.69) is 10.6 Å². The van der Waals surface area contributed by atoms with Gasteiger partial charge in [0, 0.05) is 23.8 Å². The molecule has 168 valence electrons. The van der Waals surface area contributed by atoms with Crippen LogP contribution < -0.4 is 15.5 Å². The first kappa shape index (κ1) is 21.3. The highest BCUT2D eigenvalue weighted by molar-refractivity contribution is 5.98. The second kappa shape index (κ2) is 9.49. The molecule has 0 aromatic heterocycles. The Morgan fingerprint density at radius 2 is 1.48 bits per heavy atom. The van der Waals surface area contributed by atoms with Crippen molar-refractivity contribution in [2.24, 2.45) is 5.92 Å². The minimum absolute atomic E-state index is 0.147. The number of carbonyl (C=O) groups excluding carboxylic acids is 2. The number of urea groups is 1. The number of nitrogens with one attached hydrogen (secondary N) is 2. The maximum absolute atomic E-state index is 13.0. The van der Waals surface area contributed by atoms with E-state index in [4.69, 9.17) is 0 Å². The number of nitrogens with zero attached hydrogens (tertiary/aromatic N) is 1. The minimum atomic E-state index is -0.278. The van der Waals surface area contributed by atoms with Crippen LogP contribution in [-0.2, 0) is 11.2 Å². The molecule has 0 bridgehead atoms. The normalized spacial score (nSPS) is 15.5. The number of hydrogen-bond donors (Lipinski definition) is 2. The van der Waals surface area contributed by atoms with Crippen molar-refractivity contribution in [1.29, 1.82) is 0 Å². The summed E-state index contributed by atoms with van der Waals surface area (Å²) >= 11 is 0. The first-order valence-electron chi connectivity index (χ1n) is 11.8. The molecule has 1 saturated carbocycles. The largest absolute Gasteiger partial charge is 0.327 e. The van der Waals surface area contributed by atoms with Crippen LogP contribution in [0.5, 0.6) is 0 Å². The van der Waals surface area contributed by atoms with Crippen LogP contribution in [0.4, 0.5) is 16.2 Å². The van der Waals surface area contributed by atoms with Crippen molar-refractivity contribution < 1.29 is 9.59 Å². The molecule has 1 aliphatic heterocycles. The van der Waals surface area contributed by atoms with Gasteiger partial charge in [-0.3, -0.25) is 4.79 Å². The van der Waals surface area contributed by atoms with Crippen molar-refractivity contribution in [1.82, 2.24) is 5.32 Å². The number of fused-ring (bicyclic) bond motifs is 1. The Bertz CT molecular complexity index is 1080. The van der Waals surface area contributed by atoms with Crippen molar-refractivity contribution >= 4 is 23.3 Å². The first-order chi connectivity index (χ1) is 16.2. The van der Waals surface area contributed by atoms with Crippen LogP contribution in [-0.4, -0.2) is 18.5 Å². The Labute approximate surface area is 194 Å². The van der Waals surface area contributed by atoms with Gasteiger partial charge < -0.3 is 15.5 Å². The zero-order valence-electron chi connectivity index (χ0n) is 18.7. The number of amides is 3. The summed E-state index contributed by atoms with van der Waals surface area (Å²) in [7, 11) is 0. The molecule has 0 spiro atoms. The van der Waals surface area contributed by atoms with E-state index in [-0.39, 0.29) is 23.9 Å². The molecule has 2 aliphatic rings. The van der Waals surface area contributed by atoms with E-state index in [1.54, 1.807) is 0 Å². The molecule has 2 N–H and O–H groups in total. The van der Waals surface area contributed by atoms with Gasteiger partial charge in [-0.2, -0.15) is 0 Å². The molecule has 5 rings (SSSR count). The van der Waals surface area contributed by atoms with Crippen LogP contribution in [0.25, 0.3) is 0 Å². The number of rotatable bonds is 5. The second-order valence-corrected chi connectivity index (χ2v) is 8.92. The molecule has 33 heavy (non-hydrogen) atoms. The smallest absolute Gasteiger partial charge is 0.319 e. The van der Waals surface area contributed by atoms with Crippen molar-refractivity contribution in [3.8, 4) is 0 Å². The third-order valence-corrected chi connectivity index (χ3v) is 6.75.